The monoisotopic (exact) mass is 391 g/mol. The normalized spacial score (nSPS) is 16.9. The van der Waals surface area contributed by atoms with Crippen molar-refractivity contribution in [2.24, 2.45) is 5.73 Å². The summed E-state index contributed by atoms with van der Waals surface area (Å²) in [6.45, 7) is 1.23. The number of halogens is 3. The van der Waals surface area contributed by atoms with E-state index in [1.54, 1.807) is 17.5 Å². The average molecular weight is 392 g/mol. The van der Waals surface area contributed by atoms with Crippen molar-refractivity contribution >= 4 is 42.1 Å². The summed E-state index contributed by atoms with van der Waals surface area (Å²) in [6, 6.07) is 6.25. The van der Waals surface area contributed by atoms with Gasteiger partial charge in [-0.05, 0) is 43.5 Å². The zero-order chi connectivity index (χ0) is 15.5. The molecule has 1 aromatic carbocycles. The van der Waals surface area contributed by atoms with Gasteiger partial charge in [-0.1, -0.05) is 0 Å². The van der Waals surface area contributed by atoms with E-state index < -0.39 is 0 Å². The van der Waals surface area contributed by atoms with Crippen molar-refractivity contribution in [1.82, 2.24) is 9.88 Å². The van der Waals surface area contributed by atoms with Gasteiger partial charge in [-0.15, -0.1) is 36.2 Å². The molecule has 1 aliphatic heterocycles. The Bertz CT molecular complexity index is 666. The molecule has 1 saturated heterocycles. The third-order valence-corrected chi connectivity index (χ3v) is 4.87. The van der Waals surface area contributed by atoms with Crippen molar-refractivity contribution in [3.63, 3.8) is 0 Å². The van der Waals surface area contributed by atoms with Crippen molar-refractivity contribution in [2.75, 3.05) is 13.1 Å². The van der Waals surface area contributed by atoms with Gasteiger partial charge >= 0.3 is 0 Å². The van der Waals surface area contributed by atoms with Gasteiger partial charge in [-0.2, -0.15) is 0 Å². The van der Waals surface area contributed by atoms with Gasteiger partial charge in [0.2, 0.25) is 0 Å². The fourth-order valence-electron chi connectivity index (χ4n) is 2.76. The summed E-state index contributed by atoms with van der Waals surface area (Å²) in [5.74, 6) is -0.338. The van der Waals surface area contributed by atoms with E-state index >= 15 is 0 Å². The van der Waals surface area contributed by atoms with Gasteiger partial charge in [-0.3, -0.25) is 4.79 Å². The summed E-state index contributed by atoms with van der Waals surface area (Å²) in [5, 5.41) is 2.49. The number of piperidine rings is 1. The van der Waals surface area contributed by atoms with Crippen LogP contribution in [0.5, 0.6) is 0 Å². The third-order valence-electron chi connectivity index (χ3n) is 3.97. The molecular formula is C16H20Cl2FN3OS. The Hall–Kier alpha value is -1.21. The molecule has 1 amide bonds. The summed E-state index contributed by atoms with van der Waals surface area (Å²) in [5.41, 5.74) is 7.04. The van der Waals surface area contributed by atoms with Crippen molar-refractivity contribution < 1.29 is 9.18 Å². The van der Waals surface area contributed by atoms with Crippen LogP contribution in [0.3, 0.4) is 0 Å². The maximum Gasteiger partial charge on any atom is 0.273 e. The molecule has 1 atom stereocenters. The molecule has 0 radical (unpaired) electrons. The number of carbonyl (C=O) groups excluding carboxylic acids is 1. The summed E-state index contributed by atoms with van der Waals surface area (Å²) in [4.78, 5) is 18.9. The van der Waals surface area contributed by atoms with E-state index in [1.165, 1.54) is 23.5 Å². The van der Waals surface area contributed by atoms with Gasteiger partial charge in [0.05, 0.1) is 0 Å². The van der Waals surface area contributed by atoms with Crippen LogP contribution in [0, 0.1) is 5.82 Å². The summed E-state index contributed by atoms with van der Waals surface area (Å²) < 4.78 is 13.0. The summed E-state index contributed by atoms with van der Waals surface area (Å²) in [7, 11) is 0. The Balaban J connectivity index is 0.00000144. The molecule has 2 N–H and O–H groups in total. The molecule has 0 spiro atoms. The zero-order valence-electron chi connectivity index (χ0n) is 13.0. The minimum Gasteiger partial charge on any atom is -0.333 e. The number of nitrogens with two attached hydrogens (primary N) is 1. The molecule has 132 valence electrons. The Morgan fingerprint density at radius 2 is 2.00 bits per heavy atom. The highest BCUT2D eigenvalue weighted by Crippen LogP contribution is 2.26. The molecule has 24 heavy (non-hydrogen) atoms. The largest absolute Gasteiger partial charge is 0.333 e. The quantitative estimate of drug-likeness (QED) is 0.866. The van der Waals surface area contributed by atoms with Crippen LogP contribution in [0.25, 0.3) is 10.6 Å². The molecule has 0 bridgehead atoms. The van der Waals surface area contributed by atoms with Gasteiger partial charge in [0.15, 0.2) is 0 Å². The minimum atomic E-state index is -0.282. The Morgan fingerprint density at radius 1 is 1.29 bits per heavy atom. The number of carbonyl (C=O) groups is 1. The van der Waals surface area contributed by atoms with E-state index in [4.69, 9.17) is 5.73 Å². The first kappa shape index (κ1) is 20.8. The van der Waals surface area contributed by atoms with Gasteiger partial charge in [0.1, 0.15) is 16.5 Å². The Morgan fingerprint density at radius 3 is 2.67 bits per heavy atom. The molecule has 1 aliphatic rings. The highest BCUT2D eigenvalue weighted by Gasteiger charge is 2.27. The topological polar surface area (TPSA) is 59.2 Å². The number of nitrogens with zero attached hydrogens (tertiary/aromatic N) is 2. The van der Waals surface area contributed by atoms with E-state index in [0.717, 1.165) is 36.4 Å². The molecule has 1 aromatic heterocycles. The summed E-state index contributed by atoms with van der Waals surface area (Å²) >= 11 is 1.40. The lowest BCUT2D eigenvalue weighted by molar-refractivity contribution is 0.0618. The second-order valence-corrected chi connectivity index (χ2v) is 6.29. The van der Waals surface area contributed by atoms with Crippen molar-refractivity contribution in [1.29, 1.82) is 0 Å². The highest BCUT2D eigenvalue weighted by molar-refractivity contribution is 7.13. The van der Waals surface area contributed by atoms with Crippen LogP contribution in [0.2, 0.25) is 0 Å². The smallest absolute Gasteiger partial charge is 0.273 e. The molecule has 3 rings (SSSR count). The number of benzene rings is 1. The maximum atomic E-state index is 13.0. The van der Waals surface area contributed by atoms with Crippen molar-refractivity contribution in [2.45, 2.75) is 25.3 Å². The minimum absolute atomic E-state index is 0. The van der Waals surface area contributed by atoms with Crippen LogP contribution in [-0.4, -0.2) is 34.9 Å². The van der Waals surface area contributed by atoms with Crippen LogP contribution < -0.4 is 5.73 Å². The number of rotatable bonds is 3. The van der Waals surface area contributed by atoms with Crippen LogP contribution in [0.15, 0.2) is 29.6 Å². The van der Waals surface area contributed by atoms with E-state index in [1.807, 2.05) is 4.90 Å². The Labute approximate surface area is 157 Å². The molecule has 0 aliphatic carbocycles. The van der Waals surface area contributed by atoms with Crippen LogP contribution in [0.1, 0.15) is 29.8 Å². The van der Waals surface area contributed by atoms with Gasteiger partial charge in [0.25, 0.3) is 5.91 Å². The highest BCUT2D eigenvalue weighted by atomic mass is 35.5. The first-order chi connectivity index (χ1) is 10.7. The fourth-order valence-corrected chi connectivity index (χ4v) is 3.56. The van der Waals surface area contributed by atoms with E-state index in [0.29, 0.717) is 12.2 Å². The molecule has 2 heterocycles. The van der Waals surface area contributed by atoms with Crippen molar-refractivity contribution in [3.05, 3.63) is 41.2 Å². The van der Waals surface area contributed by atoms with Gasteiger partial charge in [-0.25, -0.2) is 9.37 Å². The standard InChI is InChI=1S/C16H18FN3OS.2ClH/c17-12-6-4-11(5-7-12)15-19-14(10-22-15)16(21)20-8-2-1-3-13(20)9-18;;/h4-7,10,13H,1-3,8-9,18H2;2*1H. The SMILES string of the molecule is Cl.Cl.NCC1CCCCN1C(=O)c1csc(-c2ccc(F)cc2)n1. The van der Waals surface area contributed by atoms with Gasteiger partial charge < -0.3 is 10.6 Å². The molecule has 4 nitrogen and oxygen atoms in total. The predicted octanol–water partition coefficient (Wildman–Crippen LogP) is 3.75. The lowest BCUT2D eigenvalue weighted by Gasteiger charge is -2.34. The lowest BCUT2D eigenvalue weighted by Crippen LogP contribution is -2.47. The van der Waals surface area contributed by atoms with E-state index in [9.17, 15) is 9.18 Å². The molecule has 1 unspecified atom stereocenters. The molecular weight excluding hydrogens is 372 g/mol. The second-order valence-electron chi connectivity index (χ2n) is 5.43. The number of hydrogen-bond acceptors (Lipinski definition) is 4. The zero-order valence-corrected chi connectivity index (χ0v) is 15.4. The number of hydrogen-bond donors (Lipinski definition) is 1. The number of thiazole rings is 1. The molecule has 0 saturated carbocycles. The van der Waals surface area contributed by atoms with E-state index in [2.05, 4.69) is 4.98 Å². The molecule has 1 fully saturated rings. The van der Waals surface area contributed by atoms with Crippen molar-refractivity contribution in [3.8, 4) is 10.6 Å². The fraction of sp³-hybridized carbons (Fsp3) is 0.375. The predicted molar refractivity (Wildman–Crippen MR) is 99.7 cm³/mol. The first-order valence-corrected chi connectivity index (χ1v) is 8.29. The van der Waals surface area contributed by atoms with Crippen LogP contribution >= 0.6 is 36.2 Å². The third kappa shape index (κ3) is 4.45. The van der Waals surface area contributed by atoms with Gasteiger partial charge in [0, 0.05) is 30.1 Å². The number of aromatic nitrogens is 1. The lowest BCUT2D eigenvalue weighted by atomic mass is 10.0. The average Bonchev–Trinajstić information content (AvgIpc) is 3.05. The second kappa shape index (κ2) is 9.32. The summed E-state index contributed by atoms with van der Waals surface area (Å²) in [6.07, 6.45) is 3.08. The number of likely N-dealkylation sites (tertiary alicyclic amines) is 1. The Kier molecular flexibility index (Phi) is 8.09. The van der Waals surface area contributed by atoms with Crippen LogP contribution in [0.4, 0.5) is 4.39 Å². The molecule has 8 heteroatoms. The van der Waals surface area contributed by atoms with E-state index in [-0.39, 0.29) is 42.6 Å². The maximum absolute atomic E-state index is 13.0. The first-order valence-electron chi connectivity index (χ1n) is 7.41. The number of amides is 1. The van der Waals surface area contributed by atoms with Crippen LogP contribution in [-0.2, 0) is 0 Å². The molecule has 2 aromatic rings.